The predicted molar refractivity (Wildman–Crippen MR) is 76.1 cm³/mol. The molecule has 0 saturated heterocycles. The molecule has 0 unspecified atom stereocenters. The molecule has 0 radical (unpaired) electrons. The highest BCUT2D eigenvalue weighted by molar-refractivity contribution is 5.96. The van der Waals surface area contributed by atoms with Crippen molar-refractivity contribution in [3.8, 4) is 0 Å². The largest absolute Gasteiger partial charge is 0.481 e. The van der Waals surface area contributed by atoms with Gasteiger partial charge in [0.1, 0.15) is 11.3 Å². The summed E-state index contributed by atoms with van der Waals surface area (Å²) in [6.45, 7) is 3.81. The summed E-state index contributed by atoms with van der Waals surface area (Å²) in [4.78, 5) is 23.4. The maximum absolute atomic E-state index is 12.3. The van der Waals surface area contributed by atoms with E-state index in [4.69, 9.17) is 9.63 Å². The number of carboxylic acids is 1. The molecule has 1 aromatic heterocycles. The molecule has 0 spiro atoms. The summed E-state index contributed by atoms with van der Waals surface area (Å²) in [7, 11) is 0. The van der Waals surface area contributed by atoms with Crippen molar-refractivity contribution in [3.05, 3.63) is 17.0 Å². The minimum absolute atomic E-state index is 0.106. The van der Waals surface area contributed by atoms with E-state index in [9.17, 15) is 9.59 Å². The molecule has 1 aliphatic rings. The van der Waals surface area contributed by atoms with Gasteiger partial charge in [-0.1, -0.05) is 24.4 Å². The molecule has 1 amide bonds. The lowest BCUT2D eigenvalue weighted by molar-refractivity contribution is -0.140. The van der Waals surface area contributed by atoms with Crippen LogP contribution in [0.2, 0.25) is 0 Å². The highest BCUT2D eigenvalue weighted by Crippen LogP contribution is 2.38. The number of aryl methyl sites for hydroxylation is 2. The monoisotopic (exact) mass is 294 g/mol. The number of hydrogen-bond donors (Lipinski definition) is 2. The maximum atomic E-state index is 12.3. The second kappa shape index (κ2) is 6.28. The highest BCUT2D eigenvalue weighted by atomic mass is 16.5. The summed E-state index contributed by atoms with van der Waals surface area (Å²) in [5.74, 6) is -0.550. The molecule has 116 valence electrons. The zero-order valence-corrected chi connectivity index (χ0v) is 12.6. The van der Waals surface area contributed by atoms with Gasteiger partial charge in [-0.3, -0.25) is 9.59 Å². The Balaban J connectivity index is 2.04. The maximum Gasteiger partial charge on any atom is 0.303 e. The third-order valence-electron chi connectivity index (χ3n) is 4.32. The Morgan fingerprint density at radius 3 is 2.48 bits per heavy atom. The molecule has 0 aliphatic heterocycles. The van der Waals surface area contributed by atoms with E-state index in [1.54, 1.807) is 13.8 Å². The van der Waals surface area contributed by atoms with Gasteiger partial charge in [-0.2, -0.15) is 0 Å². The Hall–Kier alpha value is -1.85. The Labute approximate surface area is 123 Å². The van der Waals surface area contributed by atoms with Crippen LogP contribution in [0, 0.1) is 19.3 Å². The van der Waals surface area contributed by atoms with E-state index in [0.717, 1.165) is 32.1 Å². The number of carbonyl (C=O) groups is 2. The number of aliphatic carboxylic acids is 1. The summed E-state index contributed by atoms with van der Waals surface area (Å²) in [5, 5.41) is 15.8. The molecule has 21 heavy (non-hydrogen) atoms. The first kappa shape index (κ1) is 15.5. The van der Waals surface area contributed by atoms with Crippen molar-refractivity contribution < 1.29 is 19.2 Å². The minimum atomic E-state index is -0.802. The zero-order valence-electron chi connectivity index (χ0n) is 12.6. The molecule has 0 atom stereocenters. The normalized spacial score (nSPS) is 17.4. The second-order valence-electron chi connectivity index (χ2n) is 6.01. The molecule has 1 fully saturated rings. The molecule has 1 heterocycles. The van der Waals surface area contributed by atoms with E-state index in [1.165, 1.54) is 0 Å². The van der Waals surface area contributed by atoms with Crippen LogP contribution in [0.3, 0.4) is 0 Å². The molecule has 1 saturated carbocycles. The standard InChI is InChI=1S/C15H22N2O4/c1-10-13(11(2)21-17-10)14(20)16-9-15(8-12(18)19)6-4-3-5-7-15/h3-9H2,1-2H3,(H,16,20)(H,18,19). The smallest absolute Gasteiger partial charge is 0.303 e. The number of carboxylic acid groups (broad SMARTS) is 1. The predicted octanol–water partition coefficient (Wildman–Crippen LogP) is 2.45. The van der Waals surface area contributed by atoms with E-state index in [-0.39, 0.29) is 17.7 Å². The third kappa shape index (κ3) is 3.62. The number of aromatic nitrogens is 1. The fourth-order valence-electron chi connectivity index (χ4n) is 3.20. The fourth-order valence-corrected chi connectivity index (χ4v) is 3.20. The quantitative estimate of drug-likeness (QED) is 0.870. The summed E-state index contributed by atoms with van der Waals surface area (Å²) in [5.41, 5.74) is 0.691. The molecule has 6 heteroatoms. The van der Waals surface area contributed by atoms with Crippen molar-refractivity contribution in [2.75, 3.05) is 6.54 Å². The average Bonchev–Trinajstić information content (AvgIpc) is 2.76. The lowest BCUT2D eigenvalue weighted by atomic mass is 9.71. The van der Waals surface area contributed by atoms with Crippen molar-refractivity contribution in [2.24, 2.45) is 5.41 Å². The Morgan fingerprint density at radius 2 is 1.95 bits per heavy atom. The molecule has 0 aromatic carbocycles. The van der Waals surface area contributed by atoms with E-state index >= 15 is 0 Å². The molecule has 1 aliphatic carbocycles. The number of amides is 1. The lowest BCUT2D eigenvalue weighted by Crippen LogP contribution is -2.40. The number of hydrogen-bond acceptors (Lipinski definition) is 4. The average molecular weight is 294 g/mol. The van der Waals surface area contributed by atoms with Gasteiger partial charge in [-0.25, -0.2) is 0 Å². The van der Waals surface area contributed by atoms with Crippen LogP contribution in [0.1, 0.15) is 60.3 Å². The minimum Gasteiger partial charge on any atom is -0.481 e. The molecule has 0 bridgehead atoms. The van der Waals surface area contributed by atoms with Crippen LogP contribution in [0.4, 0.5) is 0 Å². The van der Waals surface area contributed by atoms with Crippen molar-refractivity contribution in [2.45, 2.75) is 52.4 Å². The van der Waals surface area contributed by atoms with Gasteiger partial charge in [0.25, 0.3) is 5.91 Å². The van der Waals surface area contributed by atoms with E-state index in [0.29, 0.717) is 23.6 Å². The SMILES string of the molecule is Cc1noc(C)c1C(=O)NCC1(CC(=O)O)CCCCC1. The van der Waals surface area contributed by atoms with Gasteiger partial charge < -0.3 is 14.9 Å². The Kier molecular flexibility index (Phi) is 4.65. The second-order valence-corrected chi connectivity index (χ2v) is 6.01. The topological polar surface area (TPSA) is 92.4 Å². The van der Waals surface area contributed by atoms with Crippen LogP contribution in [-0.4, -0.2) is 28.7 Å². The summed E-state index contributed by atoms with van der Waals surface area (Å²) in [6.07, 6.45) is 4.99. The summed E-state index contributed by atoms with van der Waals surface area (Å²) < 4.78 is 4.99. The summed E-state index contributed by atoms with van der Waals surface area (Å²) >= 11 is 0. The van der Waals surface area contributed by atoms with Crippen LogP contribution in [0.15, 0.2) is 4.52 Å². The number of carbonyl (C=O) groups excluding carboxylic acids is 1. The highest BCUT2D eigenvalue weighted by Gasteiger charge is 2.35. The van der Waals surface area contributed by atoms with Crippen molar-refractivity contribution in [1.29, 1.82) is 0 Å². The van der Waals surface area contributed by atoms with Crippen LogP contribution in [-0.2, 0) is 4.79 Å². The molecule has 1 aromatic rings. The Morgan fingerprint density at radius 1 is 1.29 bits per heavy atom. The van der Waals surface area contributed by atoms with Gasteiger partial charge >= 0.3 is 5.97 Å². The van der Waals surface area contributed by atoms with Gasteiger partial charge in [-0.05, 0) is 32.1 Å². The molecule has 2 rings (SSSR count). The van der Waals surface area contributed by atoms with Gasteiger partial charge in [-0.15, -0.1) is 0 Å². The fraction of sp³-hybridized carbons (Fsp3) is 0.667. The first-order valence-electron chi connectivity index (χ1n) is 7.36. The van der Waals surface area contributed by atoms with E-state index in [1.807, 2.05) is 0 Å². The molecular formula is C15H22N2O4. The van der Waals surface area contributed by atoms with Gasteiger partial charge in [0.05, 0.1) is 12.1 Å². The molecule has 6 nitrogen and oxygen atoms in total. The number of rotatable bonds is 5. The van der Waals surface area contributed by atoms with Gasteiger partial charge in [0.2, 0.25) is 0 Å². The first-order valence-corrected chi connectivity index (χ1v) is 7.36. The van der Waals surface area contributed by atoms with Gasteiger partial charge in [0.15, 0.2) is 0 Å². The van der Waals surface area contributed by atoms with Crippen molar-refractivity contribution >= 4 is 11.9 Å². The van der Waals surface area contributed by atoms with Crippen molar-refractivity contribution in [3.63, 3.8) is 0 Å². The van der Waals surface area contributed by atoms with Crippen LogP contribution in [0.5, 0.6) is 0 Å². The van der Waals surface area contributed by atoms with E-state index in [2.05, 4.69) is 10.5 Å². The van der Waals surface area contributed by atoms with Crippen LogP contribution < -0.4 is 5.32 Å². The molecular weight excluding hydrogens is 272 g/mol. The van der Waals surface area contributed by atoms with Crippen LogP contribution in [0.25, 0.3) is 0 Å². The molecule has 2 N–H and O–H groups in total. The number of nitrogens with one attached hydrogen (secondary N) is 1. The lowest BCUT2D eigenvalue weighted by Gasteiger charge is -2.36. The third-order valence-corrected chi connectivity index (χ3v) is 4.32. The Bertz CT molecular complexity index is 510. The van der Waals surface area contributed by atoms with E-state index < -0.39 is 5.97 Å². The zero-order chi connectivity index (χ0) is 15.5. The van der Waals surface area contributed by atoms with Gasteiger partial charge in [0, 0.05) is 6.54 Å². The number of nitrogens with zero attached hydrogens (tertiary/aromatic N) is 1. The summed E-state index contributed by atoms with van der Waals surface area (Å²) in [6, 6.07) is 0. The van der Waals surface area contributed by atoms with Crippen molar-refractivity contribution in [1.82, 2.24) is 10.5 Å². The van der Waals surface area contributed by atoms with Crippen LogP contribution >= 0.6 is 0 Å². The first-order chi connectivity index (χ1) is 9.93.